The van der Waals surface area contributed by atoms with Crippen LogP contribution in [0.2, 0.25) is 0 Å². The van der Waals surface area contributed by atoms with Gasteiger partial charge in [-0.25, -0.2) is 8.78 Å². The minimum absolute atomic E-state index is 0.110. The third kappa shape index (κ3) is 2.49. The Morgan fingerprint density at radius 1 is 1.08 bits per heavy atom. The van der Waals surface area contributed by atoms with Crippen LogP contribution in [0.1, 0.15) is 22.0 Å². The lowest BCUT2D eigenvalue weighted by Crippen LogP contribution is -2.35. The topological polar surface area (TPSA) is 32.3 Å². The van der Waals surface area contributed by atoms with Crippen molar-refractivity contribution in [3.05, 3.63) is 71.3 Å². The first kappa shape index (κ1) is 15.3. The van der Waals surface area contributed by atoms with Gasteiger partial charge in [0.25, 0.3) is 5.91 Å². The molecule has 2 aromatic carbocycles. The fourth-order valence-electron chi connectivity index (χ4n) is 4.02. The fraction of sp³-hybridized carbons (Fsp3) is 0.316. The Morgan fingerprint density at radius 3 is 2.67 bits per heavy atom. The summed E-state index contributed by atoms with van der Waals surface area (Å²) in [6, 6.07) is 12.7. The van der Waals surface area contributed by atoms with Crippen LogP contribution in [0.5, 0.6) is 0 Å². The smallest absolute Gasteiger partial charge is 0.257 e. The van der Waals surface area contributed by atoms with Crippen LogP contribution in [0.15, 0.2) is 48.5 Å². The van der Waals surface area contributed by atoms with E-state index in [1.807, 2.05) is 30.3 Å². The molecule has 2 saturated heterocycles. The number of amides is 1. The lowest BCUT2D eigenvalue weighted by molar-refractivity contribution is 0.0708. The van der Waals surface area contributed by atoms with Gasteiger partial charge in [0, 0.05) is 25.6 Å². The molecule has 0 unspecified atom stereocenters. The number of carbonyl (C=O) groups is 1. The zero-order chi connectivity index (χ0) is 16.7. The number of halogens is 2. The monoisotopic (exact) mass is 328 g/mol. The number of nitrogens with one attached hydrogen (secondary N) is 1. The SMILES string of the molecule is O=C(c1cc(F)ccc1F)N1C[C@@H]2CNC[C@@H]2[C@@H]1c1ccccc1. The predicted molar refractivity (Wildman–Crippen MR) is 86.4 cm³/mol. The maximum Gasteiger partial charge on any atom is 0.257 e. The third-order valence-electron chi connectivity index (χ3n) is 5.13. The Labute approximate surface area is 139 Å². The van der Waals surface area contributed by atoms with Gasteiger partial charge in [-0.1, -0.05) is 30.3 Å². The standard InChI is InChI=1S/C19H18F2N2O/c20-14-6-7-17(21)15(8-14)19(24)23-11-13-9-22-10-16(13)18(23)12-4-2-1-3-5-12/h1-8,13,16,18,22H,9-11H2/t13-,16-,18-/m0/s1. The molecule has 124 valence electrons. The molecule has 0 bridgehead atoms. The Kier molecular flexibility index (Phi) is 3.81. The van der Waals surface area contributed by atoms with Crippen molar-refractivity contribution in [2.45, 2.75) is 6.04 Å². The lowest BCUT2D eigenvalue weighted by Gasteiger charge is -2.28. The average Bonchev–Trinajstić information content (AvgIpc) is 3.18. The number of hydrogen-bond acceptors (Lipinski definition) is 2. The van der Waals surface area contributed by atoms with Gasteiger partial charge in [-0.05, 0) is 29.7 Å². The maximum atomic E-state index is 14.1. The zero-order valence-electron chi connectivity index (χ0n) is 13.1. The summed E-state index contributed by atoms with van der Waals surface area (Å²) in [6.45, 7) is 2.25. The van der Waals surface area contributed by atoms with Gasteiger partial charge in [-0.3, -0.25) is 4.79 Å². The van der Waals surface area contributed by atoms with E-state index in [1.165, 1.54) is 0 Å². The van der Waals surface area contributed by atoms with Crippen LogP contribution in [-0.2, 0) is 0 Å². The Balaban J connectivity index is 1.73. The molecule has 1 amide bonds. The van der Waals surface area contributed by atoms with Crippen LogP contribution in [-0.4, -0.2) is 30.4 Å². The Morgan fingerprint density at radius 2 is 1.88 bits per heavy atom. The van der Waals surface area contributed by atoms with Crippen LogP contribution >= 0.6 is 0 Å². The van der Waals surface area contributed by atoms with Gasteiger partial charge in [-0.15, -0.1) is 0 Å². The average molecular weight is 328 g/mol. The van der Waals surface area contributed by atoms with Crippen LogP contribution in [0.25, 0.3) is 0 Å². The Bertz CT molecular complexity index is 765. The van der Waals surface area contributed by atoms with Gasteiger partial charge in [-0.2, -0.15) is 0 Å². The number of rotatable bonds is 2. The molecule has 2 aromatic rings. The molecule has 0 saturated carbocycles. The minimum atomic E-state index is -0.677. The van der Waals surface area contributed by atoms with Crippen LogP contribution < -0.4 is 5.32 Å². The first-order valence-electron chi connectivity index (χ1n) is 8.17. The molecule has 2 aliphatic heterocycles. The number of fused-ring (bicyclic) bond motifs is 1. The molecule has 4 rings (SSSR count). The highest BCUT2D eigenvalue weighted by atomic mass is 19.1. The molecule has 0 aliphatic carbocycles. The molecule has 5 heteroatoms. The van der Waals surface area contributed by atoms with Crippen molar-refractivity contribution in [3.8, 4) is 0 Å². The molecule has 0 aromatic heterocycles. The van der Waals surface area contributed by atoms with Gasteiger partial charge in [0.15, 0.2) is 0 Å². The molecule has 0 radical (unpaired) electrons. The summed E-state index contributed by atoms with van der Waals surface area (Å²) in [5.41, 5.74) is 0.850. The highest BCUT2D eigenvalue weighted by molar-refractivity contribution is 5.95. The van der Waals surface area contributed by atoms with Crippen molar-refractivity contribution in [3.63, 3.8) is 0 Å². The molecule has 3 atom stereocenters. The third-order valence-corrected chi connectivity index (χ3v) is 5.13. The minimum Gasteiger partial charge on any atom is -0.331 e. The van der Waals surface area contributed by atoms with Crippen molar-refractivity contribution in [2.24, 2.45) is 11.8 Å². The number of likely N-dealkylation sites (tertiary alicyclic amines) is 1. The summed E-state index contributed by atoms with van der Waals surface area (Å²) < 4.78 is 27.6. The van der Waals surface area contributed by atoms with Gasteiger partial charge < -0.3 is 10.2 Å². The molecule has 0 spiro atoms. The van der Waals surface area contributed by atoms with E-state index in [4.69, 9.17) is 0 Å². The van der Waals surface area contributed by atoms with Crippen molar-refractivity contribution in [2.75, 3.05) is 19.6 Å². The van der Waals surface area contributed by atoms with E-state index in [0.717, 1.165) is 36.9 Å². The molecule has 1 N–H and O–H groups in total. The largest absolute Gasteiger partial charge is 0.331 e. The number of nitrogens with zero attached hydrogens (tertiary/aromatic N) is 1. The first-order valence-corrected chi connectivity index (χ1v) is 8.17. The summed E-state index contributed by atoms with van der Waals surface area (Å²) in [7, 11) is 0. The van der Waals surface area contributed by atoms with Crippen molar-refractivity contribution in [1.82, 2.24) is 10.2 Å². The van der Waals surface area contributed by atoms with E-state index in [9.17, 15) is 13.6 Å². The summed E-state index contributed by atoms with van der Waals surface area (Å²) in [6.07, 6.45) is 0. The molecule has 2 heterocycles. The number of hydrogen-bond donors (Lipinski definition) is 1. The normalized spacial score (nSPS) is 25.8. The second kappa shape index (κ2) is 5.98. The highest BCUT2D eigenvalue weighted by Crippen LogP contribution is 2.43. The van der Waals surface area contributed by atoms with Crippen LogP contribution in [0, 0.1) is 23.5 Å². The van der Waals surface area contributed by atoms with E-state index < -0.39 is 17.5 Å². The predicted octanol–water partition coefficient (Wildman–Crippen LogP) is 3.00. The molecule has 24 heavy (non-hydrogen) atoms. The van der Waals surface area contributed by atoms with Crippen molar-refractivity contribution >= 4 is 5.91 Å². The summed E-state index contributed by atoms with van der Waals surface area (Å²) in [5.74, 6) is -1.07. The number of carbonyl (C=O) groups excluding carboxylic acids is 1. The lowest BCUT2D eigenvalue weighted by atomic mass is 9.89. The van der Waals surface area contributed by atoms with E-state index in [-0.39, 0.29) is 11.6 Å². The van der Waals surface area contributed by atoms with Gasteiger partial charge in [0.1, 0.15) is 11.6 Å². The summed E-state index contributed by atoms with van der Waals surface area (Å²) >= 11 is 0. The molecule has 2 aliphatic rings. The van der Waals surface area contributed by atoms with Gasteiger partial charge >= 0.3 is 0 Å². The fourth-order valence-corrected chi connectivity index (χ4v) is 4.02. The second-order valence-corrected chi connectivity index (χ2v) is 6.52. The second-order valence-electron chi connectivity index (χ2n) is 6.52. The maximum absolute atomic E-state index is 14.1. The van der Waals surface area contributed by atoms with Gasteiger partial charge in [0.2, 0.25) is 0 Å². The van der Waals surface area contributed by atoms with Gasteiger partial charge in [0.05, 0.1) is 11.6 Å². The van der Waals surface area contributed by atoms with E-state index in [2.05, 4.69) is 5.32 Å². The Hall–Kier alpha value is -2.27. The molecule has 2 fully saturated rings. The van der Waals surface area contributed by atoms with E-state index in [1.54, 1.807) is 4.90 Å². The quantitative estimate of drug-likeness (QED) is 0.919. The number of benzene rings is 2. The van der Waals surface area contributed by atoms with Crippen molar-refractivity contribution < 1.29 is 13.6 Å². The van der Waals surface area contributed by atoms with E-state index in [0.29, 0.717) is 18.4 Å². The zero-order valence-corrected chi connectivity index (χ0v) is 13.1. The highest BCUT2D eigenvalue weighted by Gasteiger charge is 2.47. The molecular formula is C19H18F2N2O. The van der Waals surface area contributed by atoms with Crippen LogP contribution in [0.4, 0.5) is 8.78 Å². The first-order chi connectivity index (χ1) is 11.6. The van der Waals surface area contributed by atoms with Crippen LogP contribution in [0.3, 0.4) is 0 Å². The summed E-state index contributed by atoms with van der Waals surface area (Å²) in [5, 5.41) is 3.37. The molecule has 3 nitrogen and oxygen atoms in total. The molecular weight excluding hydrogens is 310 g/mol. The van der Waals surface area contributed by atoms with Crippen molar-refractivity contribution in [1.29, 1.82) is 0 Å². The summed E-state index contributed by atoms with van der Waals surface area (Å²) in [4.78, 5) is 14.6. The van der Waals surface area contributed by atoms with E-state index >= 15 is 0 Å².